The molecular formula is C36H30N12. The molecule has 0 amide bonds. The molecule has 2 heterocycles. The summed E-state index contributed by atoms with van der Waals surface area (Å²) in [5.41, 5.74) is 4.99. The summed E-state index contributed by atoms with van der Waals surface area (Å²) >= 11 is 0. The Kier molecular flexibility index (Phi) is 8.85. The van der Waals surface area contributed by atoms with Gasteiger partial charge in [-0.25, -0.2) is 0 Å². The monoisotopic (exact) mass is 630 g/mol. The van der Waals surface area contributed by atoms with Crippen LogP contribution in [0.15, 0.2) is 146 Å². The van der Waals surface area contributed by atoms with Crippen LogP contribution in [0.25, 0.3) is 0 Å². The fourth-order valence-electron chi connectivity index (χ4n) is 4.58. The Morgan fingerprint density at radius 1 is 0.208 bits per heavy atom. The smallest absolute Gasteiger partial charge is 0.233 e. The van der Waals surface area contributed by atoms with Gasteiger partial charge in [0.05, 0.1) is 0 Å². The Labute approximate surface area is 276 Å². The quantitative estimate of drug-likeness (QED) is 0.0768. The summed E-state index contributed by atoms with van der Waals surface area (Å²) in [5, 5.41) is 19.6. The van der Waals surface area contributed by atoms with Gasteiger partial charge in [0.2, 0.25) is 35.7 Å². The zero-order chi connectivity index (χ0) is 32.4. The van der Waals surface area contributed by atoms with E-state index in [0.717, 1.165) is 34.1 Å². The molecule has 48 heavy (non-hydrogen) atoms. The molecule has 0 aliphatic heterocycles. The lowest BCUT2D eigenvalue weighted by atomic mass is 10.3. The van der Waals surface area contributed by atoms with E-state index in [-0.39, 0.29) is 0 Å². The summed E-state index contributed by atoms with van der Waals surface area (Å²) < 4.78 is 0. The number of benzene rings is 5. The molecule has 0 radical (unpaired) electrons. The first-order chi connectivity index (χ1) is 23.7. The van der Waals surface area contributed by atoms with Crippen molar-refractivity contribution in [3.05, 3.63) is 146 Å². The molecule has 0 fully saturated rings. The van der Waals surface area contributed by atoms with Crippen molar-refractivity contribution >= 4 is 69.8 Å². The Hall–Kier alpha value is -7.08. The van der Waals surface area contributed by atoms with Crippen LogP contribution in [-0.2, 0) is 0 Å². The van der Waals surface area contributed by atoms with Gasteiger partial charge in [-0.2, -0.15) is 29.9 Å². The molecule has 0 saturated heterocycles. The van der Waals surface area contributed by atoms with E-state index in [4.69, 9.17) is 0 Å². The van der Waals surface area contributed by atoms with Gasteiger partial charge in [-0.15, -0.1) is 0 Å². The molecule has 5 aromatic carbocycles. The van der Waals surface area contributed by atoms with Gasteiger partial charge >= 0.3 is 0 Å². The van der Waals surface area contributed by atoms with Crippen LogP contribution in [0.1, 0.15) is 0 Å². The molecule has 234 valence electrons. The number of nitrogens with one attached hydrogen (secondary N) is 6. The average molecular weight is 631 g/mol. The molecule has 0 atom stereocenters. The normalized spacial score (nSPS) is 10.5. The maximum Gasteiger partial charge on any atom is 0.233 e. The van der Waals surface area contributed by atoms with Gasteiger partial charge in [-0.1, -0.05) is 72.8 Å². The van der Waals surface area contributed by atoms with E-state index in [9.17, 15) is 0 Å². The van der Waals surface area contributed by atoms with Gasteiger partial charge < -0.3 is 31.9 Å². The van der Waals surface area contributed by atoms with E-state index < -0.39 is 0 Å². The molecule has 0 aliphatic carbocycles. The maximum atomic E-state index is 4.60. The van der Waals surface area contributed by atoms with Crippen molar-refractivity contribution in [3.8, 4) is 0 Å². The summed E-state index contributed by atoms with van der Waals surface area (Å²) in [6.45, 7) is 0. The van der Waals surface area contributed by atoms with Gasteiger partial charge in [0.25, 0.3) is 0 Å². The maximum absolute atomic E-state index is 4.60. The second kappa shape index (κ2) is 14.3. The first kappa shape index (κ1) is 29.6. The van der Waals surface area contributed by atoms with Crippen LogP contribution in [0, 0.1) is 0 Å². The fraction of sp³-hybridized carbons (Fsp3) is 0. The van der Waals surface area contributed by atoms with Crippen molar-refractivity contribution in [1.82, 2.24) is 29.9 Å². The number of nitrogens with zero attached hydrogens (tertiary/aromatic N) is 6. The number of para-hydroxylation sites is 4. The van der Waals surface area contributed by atoms with E-state index in [0.29, 0.717) is 35.7 Å². The molecule has 0 aliphatic rings. The molecule has 0 unspecified atom stereocenters. The van der Waals surface area contributed by atoms with Gasteiger partial charge in [0, 0.05) is 34.1 Å². The third-order valence-corrected chi connectivity index (χ3v) is 6.79. The second-order valence-electron chi connectivity index (χ2n) is 10.4. The van der Waals surface area contributed by atoms with Crippen LogP contribution in [-0.4, -0.2) is 29.9 Å². The topological polar surface area (TPSA) is 150 Å². The largest absolute Gasteiger partial charge is 0.324 e. The number of anilines is 12. The van der Waals surface area contributed by atoms with Gasteiger partial charge in [-0.3, -0.25) is 0 Å². The lowest BCUT2D eigenvalue weighted by Crippen LogP contribution is -2.08. The molecule has 0 bridgehead atoms. The molecular weight excluding hydrogens is 600 g/mol. The van der Waals surface area contributed by atoms with E-state index in [1.807, 2.05) is 146 Å². The molecule has 0 saturated carbocycles. The highest BCUT2D eigenvalue weighted by Gasteiger charge is 2.11. The number of aromatic nitrogens is 6. The first-order valence-electron chi connectivity index (χ1n) is 15.1. The van der Waals surface area contributed by atoms with Crippen LogP contribution >= 0.6 is 0 Å². The fourth-order valence-corrected chi connectivity index (χ4v) is 4.58. The molecule has 12 heteroatoms. The summed E-state index contributed by atoms with van der Waals surface area (Å²) in [4.78, 5) is 27.6. The molecule has 0 spiro atoms. The zero-order valence-electron chi connectivity index (χ0n) is 25.5. The third-order valence-electron chi connectivity index (χ3n) is 6.79. The van der Waals surface area contributed by atoms with Gasteiger partial charge in [-0.05, 0) is 72.8 Å². The van der Waals surface area contributed by atoms with E-state index in [1.165, 1.54) is 0 Å². The molecule has 12 nitrogen and oxygen atoms in total. The highest BCUT2D eigenvalue weighted by Crippen LogP contribution is 2.24. The summed E-state index contributed by atoms with van der Waals surface area (Å²) in [7, 11) is 0. The van der Waals surface area contributed by atoms with Crippen molar-refractivity contribution < 1.29 is 0 Å². The molecule has 7 aromatic rings. The second-order valence-corrected chi connectivity index (χ2v) is 10.4. The lowest BCUT2D eigenvalue weighted by molar-refractivity contribution is 1.06. The molecule has 2 aromatic heterocycles. The Bertz CT molecular complexity index is 1790. The summed E-state index contributed by atoms with van der Waals surface area (Å²) in [6, 6.07) is 46.6. The van der Waals surface area contributed by atoms with E-state index >= 15 is 0 Å². The summed E-state index contributed by atoms with van der Waals surface area (Å²) in [6.07, 6.45) is 0. The first-order valence-corrected chi connectivity index (χ1v) is 15.1. The van der Waals surface area contributed by atoms with E-state index in [1.54, 1.807) is 0 Å². The molecule has 7 rings (SSSR count). The SMILES string of the molecule is c1ccc(Nc2nc(Nc3ccccc3)nc(Nc3ccc(Nc4nc(Nc5ccccc5)nc(Nc5ccccc5)n4)cc3)n2)cc1. The Balaban J connectivity index is 1.10. The van der Waals surface area contributed by atoms with Crippen molar-refractivity contribution in [2.45, 2.75) is 0 Å². The minimum absolute atomic E-state index is 0.369. The standard InChI is InChI=1S/C36H30N12/c1-5-13-25(14-6-1)37-31-43-32(38-26-15-7-2-8-16-26)46-35(45-31)41-29-21-23-30(24-22-29)42-36-47-33(39-27-17-9-3-10-18-27)44-34(48-36)40-28-19-11-4-12-20-28/h1-24H,(H3,37,38,41,43,45,46)(H3,39,40,42,44,47,48). The number of hydrogen-bond acceptors (Lipinski definition) is 12. The Morgan fingerprint density at radius 2 is 0.375 bits per heavy atom. The van der Waals surface area contributed by atoms with Crippen molar-refractivity contribution in [1.29, 1.82) is 0 Å². The number of rotatable bonds is 12. The Morgan fingerprint density at radius 3 is 0.562 bits per heavy atom. The highest BCUT2D eigenvalue weighted by molar-refractivity contribution is 5.66. The predicted molar refractivity (Wildman–Crippen MR) is 192 cm³/mol. The lowest BCUT2D eigenvalue weighted by Gasteiger charge is -2.13. The molecule has 6 N–H and O–H groups in total. The van der Waals surface area contributed by atoms with Crippen LogP contribution in [0.2, 0.25) is 0 Å². The average Bonchev–Trinajstić information content (AvgIpc) is 3.11. The van der Waals surface area contributed by atoms with Crippen molar-refractivity contribution in [3.63, 3.8) is 0 Å². The summed E-state index contributed by atoms with van der Waals surface area (Å²) in [5.74, 6) is 2.31. The van der Waals surface area contributed by atoms with Gasteiger partial charge in [0.15, 0.2) is 0 Å². The zero-order valence-corrected chi connectivity index (χ0v) is 25.5. The van der Waals surface area contributed by atoms with Crippen LogP contribution < -0.4 is 31.9 Å². The van der Waals surface area contributed by atoms with Crippen molar-refractivity contribution in [2.75, 3.05) is 31.9 Å². The minimum atomic E-state index is 0.369. The van der Waals surface area contributed by atoms with Crippen LogP contribution in [0.3, 0.4) is 0 Å². The highest BCUT2D eigenvalue weighted by atomic mass is 15.3. The minimum Gasteiger partial charge on any atom is -0.324 e. The number of hydrogen-bond donors (Lipinski definition) is 6. The van der Waals surface area contributed by atoms with Crippen LogP contribution in [0.5, 0.6) is 0 Å². The van der Waals surface area contributed by atoms with Crippen molar-refractivity contribution in [2.24, 2.45) is 0 Å². The van der Waals surface area contributed by atoms with Gasteiger partial charge in [0.1, 0.15) is 0 Å². The van der Waals surface area contributed by atoms with Crippen LogP contribution in [0.4, 0.5) is 69.8 Å². The third kappa shape index (κ3) is 8.14. The van der Waals surface area contributed by atoms with E-state index in [2.05, 4.69) is 61.8 Å². The predicted octanol–water partition coefficient (Wildman–Crippen LogP) is 8.52.